The first kappa shape index (κ1) is 9.96. The Morgan fingerprint density at radius 3 is 2.58 bits per heavy atom. The number of hydrogen-bond donors (Lipinski definition) is 1. The van der Waals surface area contributed by atoms with E-state index < -0.39 is 0 Å². The van der Waals surface area contributed by atoms with Gasteiger partial charge in [0, 0.05) is 12.6 Å². The summed E-state index contributed by atoms with van der Waals surface area (Å²) in [5, 5.41) is 3.32. The Morgan fingerprint density at radius 2 is 2.17 bits per heavy atom. The molecule has 72 valence electrons. The summed E-state index contributed by atoms with van der Waals surface area (Å²) < 4.78 is 11.0. The molecule has 0 amide bonds. The molecule has 0 spiro atoms. The second-order valence-corrected chi connectivity index (χ2v) is 4.01. The smallest absolute Gasteiger partial charge is 0.163 e. The predicted octanol–water partition coefficient (Wildman–Crippen LogP) is 1.14. The molecule has 0 aromatic rings. The van der Waals surface area contributed by atoms with Crippen LogP contribution in [0.5, 0.6) is 0 Å². The van der Waals surface area contributed by atoms with E-state index in [4.69, 9.17) is 9.47 Å². The van der Waals surface area contributed by atoms with Gasteiger partial charge in [-0.1, -0.05) is 13.8 Å². The van der Waals surface area contributed by atoms with Gasteiger partial charge in [0.05, 0.1) is 12.7 Å². The molecule has 1 atom stereocenters. The Morgan fingerprint density at radius 1 is 1.50 bits per heavy atom. The van der Waals surface area contributed by atoms with Crippen molar-refractivity contribution in [2.75, 3.05) is 13.2 Å². The first-order valence-electron chi connectivity index (χ1n) is 4.55. The highest BCUT2D eigenvalue weighted by molar-refractivity contribution is 4.73. The van der Waals surface area contributed by atoms with Crippen LogP contribution in [0, 0.1) is 0 Å². The van der Waals surface area contributed by atoms with Gasteiger partial charge in [0.25, 0.3) is 0 Å². The van der Waals surface area contributed by atoms with Crippen molar-refractivity contribution < 1.29 is 9.47 Å². The molecule has 12 heavy (non-hydrogen) atoms. The van der Waals surface area contributed by atoms with Crippen LogP contribution in [-0.2, 0) is 9.47 Å². The molecule has 0 radical (unpaired) electrons. The molecule has 1 saturated heterocycles. The van der Waals surface area contributed by atoms with Crippen LogP contribution >= 0.6 is 0 Å². The van der Waals surface area contributed by atoms with Crippen LogP contribution in [0.3, 0.4) is 0 Å². The zero-order chi connectivity index (χ0) is 9.19. The summed E-state index contributed by atoms with van der Waals surface area (Å²) >= 11 is 0. The fraction of sp³-hybridized carbons (Fsp3) is 1.00. The minimum Gasteiger partial charge on any atom is -0.348 e. The van der Waals surface area contributed by atoms with E-state index in [2.05, 4.69) is 19.2 Å². The van der Waals surface area contributed by atoms with Crippen LogP contribution in [0.4, 0.5) is 0 Å². The van der Waals surface area contributed by atoms with E-state index in [1.807, 2.05) is 13.8 Å². The molecule has 0 aromatic heterocycles. The Labute approximate surface area is 74.4 Å². The van der Waals surface area contributed by atoms with Crippen LogP contribution in [0.1, 0.15) is 27.7 Å². The average molecular weight is 173 g/mol. The van der Waals surface area contributed by atoms with Crippen molar-refractivity contribution in [2.45, 2.75) is 45.6 Å². The average Bonchev–Trinajstić information content (AvgIpc) is 2.26. The fourth-order valence-electron chi connectivity index (χ4n) is 1.23. The van der Waals surface area contributed by atoms with Crippen molar-refractivity contribution in [2.24, 2.45) is 0 Å². The largest absolute Gasteiger partial charge is 0.348 e. The number of rotatable bonds is 3. The Hall–Kier alpha value is -0.120. The second-order valence-electron chi connectivity index (χ2n) is 4.01. The normalized spacial score (nSPS) is 28.2. The monoisotopic (exact) mass is 173 g/mol. The molecule has 1 heterocycles. The first-order chi connectivity index (χ1) is 5.49. The molecule has 0 unspecified atom stereocenters. The van der Waals surface area contributed by atoms with Gasteiger partial charge >= 0.3 is 0 Å². The molecule has 0 aromatic carbocycles. The number of ether oxygens (including phenoxy) is 2. The van der Waals surface area contributed by atoms with Crippen LogP contribution in [-0.4, -0.2) is 31.1 Å². The summed E-state index contributed by atoms with van der Waals surface area (Å²) in [6.07, 6.45) is 0.211. The molecule has 0 aliphatic carbocycles. The standard InChI is InChI=1S/C9H19NO2/c1-7(2)10-5-8-6-11-9(3,4)12-8/h7-8,10H,5-6H2,1-4H3/t8-/m0/s1. The Bertz CT molecular complexity index is 145. The third-order valence-corrected chi connectivity index (χ3v) is 1.82. The summed E-state index contributed by atoms with van der Waals surface area (Å²) in [6, 6.07) is 0.511. The van der Waals surface area contributed by atoms with Gasteiger partial charge in [-0.05, 0) is 13.8 Å². The minimum absolute atomic E-state index is 0.211. The minimum atomic E-state index is -0.386. The Balaban J connectivity index is 2.20. The number of nitrogens with one attached hydrogen (secondary N) is 1. The van der Waals surface area contributed by atoms with Gasteiger partial charge in [0.2, 0.25) is 0 Å². The molecule has 1 fully saturated rings. The van der Waals surface area contributed by atoms with Gasteiger partial charge in [-0.15, -0.1) is 0 Å². The highest BCUT2D eigenvalue weighted by Gasteiger charge is 2.32. The van der Waals surface area contributed by atoms with E-state index in [0.717, 1.165) is 6.54 Å². The van der Waals surface area contributed by atoms with E-state index in [1.54, 1.807) is 0 Å². The molecule has 3 heteroatoms. The zero-order valence-electron chi connectivity index (χ0n) is 8.39. The highest BCUT2D eigenvalue weighted by Crippen LogP contribution is 2.21. The molecule has 1 N–H and O–H groups in total. The summed E-state index contributed by atoms with van der Waals surface area (Å²) in [4.78, 5) is 0. The Kier molecular flexibility index (Phi) is 3.09. The number of hydrogen-bond acceptors (Lipinski definition) is 3. The molecule has 0 bridgehead atoms. The summed E-state index contributed by atoms with van der Waals surface area (Å²) in [5.74, 6) is -0.386. The molecule has 3 nitrogen and oxygen atoms in total. The van der Waals surface area contributed by atoms with Gasteiger partial charge in [0.1, 0.15) is 0 Å². The maximum Gasteiger partial charge on any atom is 0.163 e. The van der Waals surface area contributed by atoms with Gasteiger partial charge in [0.15, 0.2) is 5.79 Å². The van der Waals surface area contributed by atoms with Crippen molar-refractivity contribution >= 4 is 0 Å². The fourth-order valence-corrected chi connectivity index (χ4v) is 1.23. The van der Waals surface area contributed by atoms with Gasteiger partial charge < -0.3 is 14.8 Å². The van der Waals surface area contributed by atoms with Crippen LogP contribution in [0.2, 0.25) is 0 Å². The van der Waals surface area contributed by atoms with E-state index >= 15 is 0 Å². The van der Waals surface area contributed by atoms with Crippen molar-refractivity contribution in [3.05, 3.63) is 0 Å². The van der Waals surface area contributed by atoms with Crippen molar-refractivity contribution in [1.82, 2.24) is 5.32 Å². The summed E-state index contributed by atoms with van der Waals surface area (Å²) in [7, 11) is 0. The molecule has 1 rings (SSSR count). The lowest BCUT2D eigenvalue weighted by molar-refractivity contribution is -0.137. The van der Waals surface area contributed by atoms with Crippen molar-refractivity contribution in [1.29, 1.82) is 0 Å². The lowest BCUT2D eigenvalue weighted by atomic mass is 10.3. The van der Waals surface area contributed by atoms with Gasteiger partial charge in [-0.2, -0.15) is 0 Å². The maximum absolute atomic E-state index is 5.61. The zero-order valence-corrected chi connectivity index (χ0v) is 8.39. The third kappa shape index (κ3) is 3.09. The first-order valence-corrected chi connectivity index (χ1v) is 4.55. The molecule has 0 saturated carbocycles. The van der Waals surface area contributed by atoms with E-state index in [-0.39, 0.29) is 11.9 Å². The summed E-state index contributed by atoms with van der Waals surface area (Å²) in [5.41, 5.74) is 0. The molecule has 1 aliphatic heterocycles. The SMILES string of the molecule is CC(C)NC[C@H]1COC(C)(C)O1. The highest BCUT2D eigenvalue weighted by atomic mass is 16.7. The molecule has 1 aliphatic rings. The van der Waals surface area contributed by atoms with E-state index in [9.17, 15) is 0 Å². The van der Waals surface area contributed by atoms with Gasteiger partial charge in [-0.3, -0.25) is 0 Å². The van der Waals surface area contributed by atoms with Crippen molar-refractivity contribution in [3.63, 3.8) is 0 Å². The van der Waals surface area contributed by atoms with Gasteiger partial charge in [-0.25, -0.2) is 0 Å². The summed E-state index contributed by atoms with van der Waals surface area (Å²) in [6.45, 7) is 9.72. The predicted molar refractivity (Wildman–Crippen MR) is 48.0 cm³/mol. The van der Waals surface area contributed by atoms with Crippen LogP contribution < -0.4 is 5.32 Å². The van der Waals surface area contributed by atoms with E-state index in [0.29, 0.717) is 12.6 Å². The van der Waals surface area contributed by atoms with E-state index in [1.165, 1.54) is 0 Å². The van der Waals surface area contributed by atoms with Crippen molar-refractivity contribution in [3.8, 4) is 0 Å². The van der Waals surface area contributed by atoms with Crippen LogP contribution in [0.15, 0.2) is 0 Å². The lowest BCUT2D eigenvalue weighted by Gasteiger charge is -2.17. The second kappa shape index (κ2) is 3.73. The third-order valence-electron chi connectivity index (χ3n) is 1.82. The quantitative estimate of drug-likeness (QED) is 0.694. The van der Waals surface area contributed by atoms with Crippen LogP contribution in [0.25, 0.3) is 0 Å². The topological polar surface area (TPSA) is 30.5 Å². The molecular weight excluding hydrogens is 154 g/mol. The molecular formula is C9H19NO2. The maximum atomic E-state index is 5.61. The lowest BCUT2D eigenvalue weighted by Crippen LogP contribution is -2.34.